The number of ether oxygens (including phenoxy) is 1. The Hall–Kier alpha value is -1.90. The molecule has 0 aliphatic heterocycles. The van der Waals surface area contributed by atoms with Gasteiger partial charge in [0.05, 0.1) is 12.1 Å². The largest absolute Gasteiger partial charge is 0.466 e. The molecule has 0 aliphatic carbocycles. The van der Waals surface area contributed by atoms with Gasteiger partial charge >= 0.3 is 5.97 Å². The first-order valence-electron chi connectivity index (χ1n) is 6.79. The van der Waals surface area contributed by atoms with Gasteiger partial charge in [-0.2, -0.15) is 0 Å². The van der Waals surface area contributed by atoms with Gasteiger partial charge in [-0.05, 0) is 43.9 Å². The molecule has 0 aliphatic rings. The molecule has 1 heterocycles. The maximum absolute atomic E-state index is 11.2. The zero-order valence-electron chi connectivity index (χ0n) is 11.3. The maximum Gasteiger partial charge on any atom is 0.305 e. The summed E-state index contributed by atoms with van der Waals surface area (Å²) in [5.74, 6) is -0.0947. The zero-order valence-corrected chi connectivity index (χ0v) is 11.3. The quantitative estimate of drug-likeness (QED) is 0.587. The lowest BCUT2D eigenvalue weighted by atomic mass is 10.0. The predicted molar refractivity (Wildman–Crippen MR) is 75.9 cm³/mol. The summed E-state index contributed by atoms with van der Waals surface area (Å²) >= 11 is 0. The molecular weight excluding hydrogens is 238 g/mol. The van der Waals surface area contributed by atoms with Gasteiger partial charge in [0.25, 0.3) is 0 Å². The molecule has 19 heavy (non-hydrogen) atoms. The van der Waals surface area contributed by atoms with Crippen LogP contribution in [0.4, 0.5) is 0 Å². The van der Waals surface area contributed by atoms with Gasteiger partial charge in [-0.1, -0.05) is 18.2 Å². The smallest absolute Gasteiger partial charge is 0.305 e. The van der Waals surface area contributed by atoms with Crippen LogP contribution in [0.15, 0.2) is 36.5 Å². The van der Waals surface area contributed by atoms with E-state index < -0.39 is 0 Å². The molecule has 0 radical (unpaired) electrons. The van der Waals surface area contributed by atoms with Crippen LogP contribution in [0, 0.1) is 0 Å². The van der Waals surface area contributed by atoms with E-state index in [4.69, 9.17) is 4.74 Å². The number of pyridine rings is 1. The van der Waals surface area contributed by atoms with E-state index >= 15 is 0 Å². The number of hydrogen-bond donors (Lipinski definition) is 0. The van der Waals surface area contributed by atoms with Gasteiger partial charge in [-0.3, -0.25) is 9.78 Å². The van der Waals surface area contributed by atoms with Crippen LogP contribution in [0.3, 0.4) is 0 Å². The summed E-state index contributed by atoms with van der Waals surface area (Å²) in [7, 11) is 0. The first-order chi connectivity index (χ1) is 9.29. The van der Waals surface area contributed by atoms with E-state index in [2.05, 4.69) is 29.2 Å². The van der Waals surface area contributed by atoms with E-state index in [9.17, 15) is 4.79 Å². The number of hydrogen-bond acceptors (Lipinski definition) is 3. The second-order valence-corrected chi connectivity index (χ2v) is 4.54. The first-order valence-corrected chi connectivity index (χ1v) is 6.79. The van der Waals surface area contributed by atoms with Crippen molar-refractivity contribution in [2.24, 2.45) is 0 Å². The zero-order chi connectivity index (χ0) is 13.5. The van der Waals surface area contributed by atoms with Crippen molar-refractivity contribution >= 4 is 16.9 Å². The van der Waals surface area contributed by atoms with Gasteiger partial charge in [0, 0.05) is 18.0 Å². The summed E-state index contributed by atoms with van der Waals surface area (Å²) in [5.41, 5.74) is 2.31. The maximum atomic E-state index is 11.2. The van der Waals surface area contributed by atoms with Crippen LogP contribution >= 0.6 is 0 Å². The third-order valence-corrected chi connectivity index (χ3v) is 3.07. The lowest BCUT2D eigenvalue weighted by Gasteiger charge is -2.04. The average molecular weight is 257 g/mol. The second-order valence-electron chi connectivity index (χ2n) is 4.54. The van der Waals surface area contributed by atoms with E-state index in [1.165, 1.54) is 5.56 Å². The van der Waals surface area contributed by atoms with Crippen LogP contribution in [0.5, 0.6) is 0 Å². The van der Waals surface area contributed by atoms with E-state index in [-0.39, 0.29) is 5.97 Å². The number of nitrogens with zero attached hydrogens (tertiary/aromatic N) is 1. The topological polar surface area (TPSA) is 39.2 Å². The summed E-state index contributed by atoms with van der Waals surface area (Å²) in [6.07, 6.45) is 5.18. The van der Waals surface area contributed by atoms with Crippen molar-refractivity contribution in [3.05, 3.63) is 42.1 Å². The molecule has 3 nitrogen and oxygen atoms in total. The first kappa shape index (κ1) is 13.5. The molecule has 0 bridgehead atoms. The highest BCUT2D eigenvalue weighted by atomic mass is 16.5. The minimum atomic E-state index is -0.0947. The minimum Gasteiger partial charge on any atom is -0.466 e. The average Bonchev–Trinajstić information content (AvgIpc) is 2.44. The van der Waals surface area contributed by atoms with Crippen molar-refractivity contribution < 1.29 is 9.53 Å². The fraction of sp³-hybridized carbons (Fsp3) is 0.375. The Kier molecular flexibility index (Phi) is 4.90. The second kappa shape index (κ2) is 6.88. The molecule has 2 aromatic rings. The summed E-state index contributed by atoms with van der Waals surface area (Å²) in [5, 5.41) is 1.16. The van der Waals surface area contributed by atoms with Gasteiger partial charge < -0.3 is 4.74 Å². The Labute approximate surface area is 113 Å². The monoisotopic (exact) mass is 257 g/mol. The van der Waals surface area contributed by atoms with E-state index in [1.54, 1.807) is 0 Å². The fourth-order valence-electron chi connectivity index (χ4n) is 2.10. The lowest BCUT2D eigenvalue weighted by molar-refractivity contribution is -0.143. The third kappa shape index (κ3) is 4.05. The molecular formula is C16H19NO2. The van der Waals surface area contributed by atoms with Crippen molar-refractivity contribution in [2.75, 3.05) is 6.61 Å². The molecule has 1 aromatic heterocycles. The van der Waals surface area contributed by atoms with Crippen LogP contribution in [-0.4, -0.2) is 17.6 Å². The Morgan fingerprint density at radius 3 is 3.00 bits per heavy atom. The summed E-state index contributed by atoms with van der Waals surface area (Å²) in [6.45, 7) is 2.30. The minimum absolute atomic E-state index is 0.0947. The Balaban J connectivity index is 1.83. The van der Waals surface area contributed by atoms with Crippen molar-refractivity contribution in [1.82, 2.24) is 4.98 Å². The van der Waals surface area contributed by atoms with Crippen molar-refractivity contribution in [3.8, 4) is 0 Å². The van der Waals surface area contributed by atoms with Crippen LogP contribution in [0.1, 0.15) is 31.7 Å². The number of esters is 1. The van der Waals surface area contributed by atoms with Crippen LogP contribution in [0.2, 0.25) is 0 Å². The van der Waals surface area contributed by atoms with Gasteiger partial charge in [-0.25, -0.2) is 0 Å². The van der Waals surface area contributed by atoms with Crippen LogP contribution in [0.25, 0.3) is 10.9 Å². The molecule has 1 aromatic carbocycles. The van der Waals surface area contributed by atoms with Crippen LogP contribution in [-0.2, 0) is 16.0 Å². The molecule has 2 rings (SSSR count). The number of carbonyl (C=O) groups is 1. The lowest BCUT2D eigenvalue weighted by Crippen LogP contribution is -2.03. The van der Waals surface area contributed by atoms with E-state index in [1.807, 2.05) is 19.2 Å². The Morgan fingerprint density at radius 1 is 1.26 bits per heavy atom. The van der Waals surface area contributed by atoms with Gasteiger partial charge in [0.1, 0.15) is 0 Å². The summed E-state index contributed by atoms with van der Waals surface area (Å²) in [6, 6.07) is 10.4. The molecule has 0 amide bonds. The molecule has 3 heteroatoms. The molecule has 0 N–H and O–H groups in total. The fourth-order valence-corrected chi connectivity index (χ4v) is 2.10. The SMILES string of the molecule is CCOC(=O)CCCCc1ccc2cccnc2c1. The van der Waals surface area contributed by atoms with Crippen molar-refractivity contribution in [1.29, 1.82) is 0 Å². The molecule has 0 saturated heterocycles. The van der Waals surface area contributed by atoms with Crippen LogP contribution < -0.4 is 0 Å². The number of carbonyl (C=O) groups excluding carboxylic acids is 1. The molecule has 0 unspecified atom stereocenters. The number of rotatable bonds is 6. The number of fused-ring (bicyclic) bond motifs is 1. The highest BCUT2D eigenvalue weighted by Gasteiger charge is 2.02. The number of benzene rings is 1. The van der Waals surface area contributed by atoms with Gasteiger partial charge in [0.2, 0.25) is 0 Å². The molecule has 0 fully saturated rings. The number of unbranched alkanes of at least 4 members (excludes halogenated alkanes) is 1. The predicted octanol–water partition coefficient (Wildman–Crippen LogP) is 3.51. The van der Waals surface area contributed by atoms with E-state index in [0.717, 1.165) is 30.2 Å². The number of aromatic nitrogens is 1. The van der Waals surface area contributed by atoms with Gasteiger partial charge in [0.15, 0.2) is 0 Å². The molecule has 100 valence electrons. The molecule has 0 spiro atoms. The van der Waals surface area contributed by atoms with E-state index in [0.29, 0.717) is 13.0 Å². The standard InChI is InChI=1S/C16H19NO2/c1-2-19-16(18)8-4-3-6-13-9-10-14-7-5-11-17-15(14)12-13/h5,7,9-12H,2-4,6,8H2,1H3. The van der Waals surface area contributed by atoms with Gasteiger partial charge in [-0.15, -0.1) is 0 Å². The highest BCUT2D eigenvalue weighted by molar-refractivity contribution is 5.78. The Morgan fingerprint density at radius 2 is 2.16 bits per heavy atom. The summed E-state index contributed by atoms with van der Waals surface area (Å²) in [4.78, 5) is 15.5. The Bertz CT molecular complexity index is 551. The summed E-state index contributed by atoms with van der Waals surface area (Å²) < 4.78 is 4.90. The third-order valence-electron chi connectivity index (χ3n) is 3.07. The molecule has 0 saturated carbocycles. The molecule has 0 atom stereocenters. The normalized spacial score (nSPS) is 10.6. The number of aryl methyl sites for hydroxylation is 1. The van der Waals surface area contributed by atoms with Crippen molar-refractivity contribution in [2.45, 2.75) is 32.6 Å². The van der Waals surface area contributed by atoms with Crippen molar-refractivity contribution in [3.63, 3.8) is 0 Å². The highest BCUT2D eigenvalue weighted by Crippen LogP contribution is 2.15.